The Morgan fingerprint density at radius 2 is 1.76 bits per heavy atom. The fourth-order valence-electron chi connectivity index (χ4n) is 3.76. The zero-order valence-electron chi connectivity index (χ0n) is 18.6. The van der Waals surface area contributed by atoms with Gasteiger partial charge < -0.3 is 30.9 Å². The zero-order chi connectivity index (χ0) is 24.2. The minimum atomic E-state index is -1.29. The molecule has 0 aliphatic heterocycles. The highest BCUT2D eigenvalue weighted by Gasteiger charge is 2.17. The normalized spacial score (nSPS) is 11.7. The number of ether oxygens (including phenoxy) is 1. The van der Waals surface area contributed by atoms with Crippen molar-refractivity contribution in [3.05, 3.63) is 66.2 Å². The van der Waals surface area contributed by atoms with Crippen molar-refractivity contribution in [2.45, 2.75) is 19.6 Å². The second kappa shape index (κ2) is 9.63. The standard InChI is InChI=1S/C25H24N4O5/c1-14(26-25(32)33)24(31)28-17-11-15(13-30)10-16(12-17)27-22-18-6-3-4-8-20(18)29-23-19(22)7-5-9-21(23)34-2/h3-12,14,26,30H,13H2,1-2H3,(H,27,29)(H,28,31)(H,32,33). The topological polar surface area (TPSA) is 133 Å². The number of fused-ring (bicyclic) bond motifs is 2. The molecule has 0 spiro atoms. The van der Waals surface area contributed by atoms with Crippen LogP contribution in [0.1, 0.15) is 12.5 Å². The molecule has 9 nitrogen and oxygen atoms in total. The molecule has 2 amide bonds. The quantitative estimate of drug-likeness (QED) is 0.261. The summed E-state index contributed by atoms with van der Waals surface area (Å²) in [5, 5.41) is 28.6. The van der Waals surface area contributed by atoms with Crippen molar-refractivity contribution in [3.63, 3.8) is 0 Å². The molecule has 1 aromatic heterocycles. The lowest BCUT2D eigenvalue weighted by Gasteiger charge is -2.17. The van der Waals surface area contributed by atoms with Crippen LogP contribution in [0.3, 0.4) is 0 Å². The summed E-state index contributed by atoms with van der Waals surface area (Å²) in [6.07, 6.45) is -1.29. The maximum Gasteiger partial charge on any atom is 0.405 e. The van der Waals surface area contributed by atoms with Gasteiger partial charge >= 0.3 is 6.09 Å². The van der Waals surface area contributed by atoms with Crippen molar-refractivity contribution in [2.75, 3.05) is 17.7 Å². The number of aliphatic hydroxyl groups is 1. The number of rotatable bonds is 7. The number of aliphatic hydroxyl groups excluding tert-OH is 1. The maximum absolute atomic E-state index is 12.4. The number of nitrogens with zero attached hydrogens (tertiary/aromatic N) is 1. The van der Waals surface area contributed by atoms with E-state index in [2.05, 4.69) is 16.0 Å². The van der Waals surface area contributed by atoms with Crippen LogP contribution in [0.2, 0.25) is 0 Å². The molecule has 174 valence electrons. The fraction of sp³-hybridized carbons (Fsp3) is 0.160. The van der Waals surface area contributed by atoms with Gasteiger partial charge in [-0.25, -0.2) is 9.78 Å². The molecular weight excluding hydrogens is 436 g/mol. The lowest BCUT2D eigenvalue weighted by atomic mass is 10.1. The summed E-state index contributed by atoms with van der Waals surface area (Å²) in [6, 6.07) is 17.5. The van der Waals surface area contributed by atoms with Gasteiger partial charge in [-0.1, -0.05) is 30.3 Å². The van der Waals surface area contributed by atoms with Crippen molar-refractivity contribution in [1.82, 2.24) is 10.3 Å². The smallest absolute Gasteiger partial charge is 0.405 e. The Balaban J connectivity index is 1.77. The number of carbonyl (C=O) groups excluding carboxylic acids is 1. The number of carbonyl (C=O) groups is 2. The average molecular weight is 460 g/mol. The monoisotopic (exact) mass is 460 g/mol. The van der Waals surface area contributed by atoms with E-state index in [9.17, 15) is 14.7 Å². The van der Waals surface area contributed by atoms with Gasteiger partial charge in [-0.3, -0.25) is 4.79 Å². The van der Waals surface area contributed by atoms with E-state index in [4.69, 9.17) is 14.8 Å². The molecule has 0 saturated heterocycles. The van der Waals surface area contributed by atoms with Crippen molar-refractivity contribution in [2.24, 2.45) is 0 Å². The van der Waals surface area contributed by atoms with Gasteiger partial charge in [0.2, 0.25) is 5.91 Å². The molecule has 0 aliphatic carbocycles. The van der Waals surface area contributed by atoms with Crippen LogP contribution < -0.4 is 20.7 Å². The third-order valence-electron chi connectivity index (χ3n) is 5.34. The summed E-state index contributed by atoms with van der Waals surface area (Å²) in [5.74, 6) is 0.122. The second-order valence-corrected chi connectivity index (χ2v) is 7.72. The molecular formula is C25H24N4O5. The number of pyridine rings is 1. The Labute approximate surface area is 195 Å². The molecule has 0 saturated carbocycles. The van der Waals surface area contributed by atoms with Crippen LogP contribution >= 0.6 is 0 Å². The zero-order valence-corrected chi connectivity index (χ0v) is 18.6. The second-order valence-electron chi connectivity index (χ2n) is 7.72. The minimum absolute atomic E-state index is 0.243. The molecule has 1 atom stereocenters. The number of hydrogen-bond acceptors (Lipinski definition) is 6. The summed E-state index contributed by atoms with van der Waals surface area (Å²) < 4.78 is 5.51. The maximum atomic E-state index is 12.4. The van der Waals surface area contributed by atoms with Gasteiger partial charge in [0.15, 0.2) is 0 Å². The summed E-state index contributed by atoms with van der Waals surface area (Å²) in [5.41, 5.74) is 3.89. The highest BCUT2D eigenvalue weighted by Crippen LogP contribution is 2.37. The lowest BCUT2D eigenvalue weighted by molar-refractivity contribution is -0.117. The summed E-state index contributed by atoms with van der Waals surface area (Å²) >= 11 is 0. The van der Waals surface area contributed by atoms with E-state index in [0.717, 1.165) is 22.0 Å². The van der Waals surface area contributed by atoms with Crippen molar-refractivity contribution in [1.29, 1.82) is 0 Å². The predicted molar refractivity (Wildman–Crippen MR) is 131 cm³/mol. The molecule has 1 unspecified atom stereocenters. The van der Waals surface area contributed by atoms with Crippen molar-refractivity contribution < 1.29 is 24.5 Å². The van der Waals surface area contributed by atoms with Crippen molar-refractivity contribution >= 4 is 50.9 Å². The fourth-order valence-corrected chi connectivity index (χ4v) is 3.76. The van der Waals surface area contributed by atoms with E-state index < -0.39 is 18.0 Å². The summed E-state index contributed by atoms with van der Waals surface area (Å²) in [7, 11) is 1.60. The van der Waals surface area contributed by atoms with Crippen LogP contribution in [-0.2, 0) is 11.4 Å². The van der Waals surface area contributed by atoms with Crippen LogP contribution in [0.25, 0.3) is 21.8 Å². The Morgan fingerprint density at radius 3 is 2.50 bits per heavy atom. The van der Waals surface area contributed by atoms with Gasteiger partial charge in [-0.15, -0.1) is 0 Å². The van der Waals surface area contributed by atoms with Crippen LogP contribution in [0.5, 0.6) is 5.75 Å². The van der Waals surface area contributed by atoms with E-state index in [-0.39, 0.29) is 6.61 Å². The number of benzene rings is 3. The first-order valence-corrected chi connectivity index (χ1v) is 10.6. The van der Waals surface area contributed by atoms with Crippen LogP contribution in [-0.4, -0.2) is 40.3 Å². The summed E-state index contributed by atoms with van der Waals surface area (Å²) in [6.45, 7) is 1.20. The van der Waals surface area contributed by atoms with Gasteiger partial charge in [0.05, 0.1) is 24.9 Å². The third kappa shape index (κ3) is 4.69. The molecule has 4 rings (SSSR count). The molecule has 1 heterocycles. The number of nitrogens with one attached hydrogen (secondary N) is 3. The molecule has 0 fully saturated rings. The van der Waals surface area contributed by atoms with Gasteiger partial charge in [0.25, 0.3) is 0 Å². The molecule has 0 bridgehead atoms. The van der Waals surface area contributed by atoms with Gasteiger partial charge in [-0.2, -0.15) is 0 Å². The highest BCUT2D eigenvalue weighted by molar-refractivity contribution is 6.10. The van der Waals surface area contributed by atoms with Crippen molar-refractivity contribution in [3.8, 4) is 5.75 Å². The number of amides is 2. The molecule has 0 aliphatic rings. The first-order valence-electron chi connectivity index (χ1n) is 10.6. The number of anilines is 3. The predicted octanol–water partition coefficient (Wildman–Crippen LogP) is 4.23. The van der Waals surface area contributed by atoms with E-state index in [1.165, 1.54) is 6.92 Å². The van der Waals surface area contributed by atoms with E-state index in [1.54, 1.807) is 25.3 Å². The van der Waals surface area contributed by atoms with Gasteiger partial charge in [0, 0.05) is 22.1 Å². The Hall–Kier alpha value is -4.37. The lowest BCUT2D eigenvalue weighted by Crippen LogP contribution is -2.40. The molecule has 0 radical (unpaired) electrons. The van der Waals surface area contributed by atoms with E-state index in [1.807, 2.05) is 42.5 Å². The van der Waals surface area contributed by atoms with Gasteiger partial charge in [0.1, 0.15) is 17.3 Å². The van der Waals surface area contributed by atoms with Gasteiger partial charge in [-0.05, 0) is 42.8 Å². The van der Waals surface area contributed by atoms with Crippen LogP contribution in [0, 0.1) is 0 Å². The number of carboxylic acid groups (broad SMARTS) is 1. The van der Waals surface area contributed by atoms with E-state index in [0.29, 0.717) is 28.2 Å². The first-order chi connectivity index (χ1) is 16.4. The van der Waals surface area contributed by atoms with Crippen LogP contribution in [0.15, 0.2) is 60.7 Å². The summed E-state index contributed by atoms with van der Waals surface area (Å²) in [4.78, 5) is 28.0. The molecule has 34 heavy (non-hydrogen) atoms. The Bertz CT molecular complexity index is 1390. The average Bonchev–Trinajstić information content (AvgIpc) is 2.82. The Kier molecular flexibility index (Phi) is 6.46. The third-order valence-corrected chi connectivity index (χ3v) is 5.34. The SMILES string of the molecule is COc1cccc2c(Nc3cc(CO)cc(NC(=O)C(C)NC(=O)O)c3)c3ccccc3nc12. The molecule has 9 heteroatoms. The number of para-hydroxylation sites is 2. The minimum Gasteiger partial charge on any atom is -0.494 e. The van der Waals surface area contributed by atoms with Crippen LogP contribution in [0.4, 0.5) is 21.9 Å². The number of aromatic nitrogens is 1. The molecule has 3 aromatic carbocycles. The first kappa shape index (κ1) is 22.8. The van der Waals surface area contributed by atoms with E-state index >= 15 is 0 Å². The Morgan fingerprint density at radius 1 is 1.03 bits per heavy atom. The number of hydrogen-bond donors (Lipinski definition) is 5. The molecule has 5 N–H and O–H groups in total. The highest BCUT2D eigenvalue weighted by atomic mass is 16.5. The largest absolute Gasteiger partial charge is 0.494 e. The molecule has 4 aromatic rings. The number of methoxy groups -OCH3 is 1.